The van der Waals surface area contributed by atoms with Crippen molar-refractivity contribution in [3.05, 3.63) is 47.2 Å². The van der Waals surface area contributed by atoms with E-state index >= 15 is 0 Å². The summed E-state index contributed by atoms with van der Waals surface area (Å²) in [4.78, 5) is 15.5. The molecule has 0 aliphatic rings. The molecular formula is C20H24N4O2S. The molecule has 1 aromatic carbocycles. The fourth-order valence-electron chi connectivity index (χ4n) is 2.86. The van der Waals surface area contributed by atoms with E-state index in [0.29, 0.717) is 24.6 Å². The van der Waals surface area contributed by atoms with Crippen LogP contribution >= 0.6 is 11.3 Å². The van der Waals surface area contributed by atoms with E-state index in [9.17, 15) is 4.79 Å². The van der Waals surface area contributed by atoms with Crippen molar-refractivity contribution in [3.8, 4) is 10.8 Å². The Hall–Kier alpha value is -2.67. The molecule has 0 saturated heterocycles. The number of aromatic nitrogens is 2. The first kappa shape index (κ1) is 19.1. The molecule has 3 rings (SSSR count). The summed E-state index contributed by atoms with van der Waals surface area (Å²) >= 11 is 1.54. The Labute approximate surface area is 163 Å². The summed E-state index contributed by atoms with van der Waals surface area (Å²) in [5.41, 5.74) is 3.05. The molecule has 0 saturated carbocycles. The van der Waals surface area contributed by atoms with Crippen LogP contribution in [0.1, 0.15) is 31.7 Å². The van der Waals surface area contributed by atoms with Crippen LogP contribution in [0, 0.1) is 6.92 Å². The van der Waals surface area contributed by atoms with Gasteiger partial charge in [0.2, 0.25) is 11.8 Å². The monoisotopic (exact) mass is 384 g/mol. The molecule has 0 spiro atoms. The van der Waals surface area contributed by atoms with Gasteiger partial charge in [0.25, 0.3) is 5.89 Å². The molecule has 142 valence electrons. The number of carbonyl (C=O) groups is 1. The highest BCUT2D eigenvalue weighted by Gasteiger charge is 2.12. The number of nitrogens with zero attached hydrogens (tertiary/aromatic N) is 3. The smallest absolute Gasteiger partial charge is 0.257 e. The number of nitrogens with one attached hydrogen (secondary N) is 1. The number of hydrogen-bond acceptors (Lipinski definition) is 6. The summed E-state index contributed by atoms with van der Waals surface area (Å²) in [5, 5.41) is 13.0. The maximum atomic E-state index is 12.3. The Morgan fingerprint density at radius 3 is 2.70 bits per heavy atom. The maximum Gasteiger partial charge on any atom is 0.257 e. The van der Waals surface area contributed by atoms with Crippen LogP contribution in [0.3, 0.4) is 0 Å². The number of rotatable bonds is 8. The summed E-state index contributed by atoms with van der Waals surface area (Å²) in [6.45, 7) is 8.19. The zero-order chi connectivity index (χ0) is 19.2. The van der Waals surface area contributed by atoms with Gasteiger partial charge in [0.15, 0.2) is 0 Å². The minimum atomic E-state index is -0.0652. The highest BCUT2D eigenvalue weighted by molar-refractivity contribution is 7.13. The number of carbonyl (C=O) groups excluding carboxylic acids is 1. The highest BCUT2D eigenvalue weighted by atomic mass is 32.1. The lowest BCUT2D eigenvalue weighted by atomic mass is 10.1. The van der Waals surface area contributed by atoms with Crippen molar-refractivity contribution in [3.63, 3.8) is 0 Å². The summed E-state index contributed by atoms with van der Waals surface area (Å²) in [6.07, 6.45) is 0.712. The quantitative estimate of drug-likeness (QED) is 0.618. The second-order valence-electron chi connectivity index (χ2n) is 6.20. The lowest BCUT2D eigenvalue weighted by Gasteiger charge is -2.22. The first-order valence-corrected chi connectivity index (χ1v) is 10.00. The van der Waals surface area contributed by atoms with Gasteiger partial charge in [0, 0.05) is 37.3 Å². The molecule has 6 nitrogen and oxygen atoms in total. The van der Waals surface area contributed by atoms with Gasteiger partial charge >= 0.3 is 0 Å². The molecule has 0 unspecified atom stereocenters. The minimum absolute atomic E-state index is 0.0652. The Kier molecular flexibility index (Phi) is 6.24. The molecule has 0 bridgehead atoms. The van der Waals surface area contributed by atoms with Crippen LogP contribution in [-0.2, 0) is 11.2 Å². The number of benzene rings is 1. The van der Waals surface area contributed by atoms with Crippen molar-refractivity contribution >= 4 is 28.6 Å². The van der Waals surface area contributed by atoms with Gasteiger partial charge in [-0.1, -0.05) is 6.07 Å². The first-order chi connectivity index (χ1) is 13.1. The van der Waals surface area contributed by atoms with Gasteiger partial charge in [-0.25, -0.2) is 0 Å². The van der Waals surface area contributed by atoms with E-state index in [1.54, 1.807) is 11.3 Å². The Morgan fingerprint density at radius 2 is 2.04 bits per heavy atom. The van der Waals surface area contributed by atoms with Gasteiger partial charge in [-0.2, -0.15) is 0 Å². The fraction of sp³-hybridized carbons (Fsp3) is 0.350. The molecule has 27 heavy (non-hydrogen) atoms. The van der Waals surface area contributed by atoms with Gasteiger partial charge in [0.05, 0.1) is 4.88 Å². The molecule has 2 aromatic heterocycles. The van der Waals surface area contributed by atoms with Crippen molar-refractivity contribution in [1.82, 2.24) is 10.2 Å². The maximum absolute atomic E-state index is 12.3. The summed E-state index contributed by atoms with van der Waals surface area (Å²) in [6, 6.07) is 9.97. The van der Waals surface area contributed by atoms with E-state index in [-0.39, 0.29) is 5.91 Å². The minimum Gasteiger partial charge on any atom is -0.420 e. The molecule has 1 amide bonds. The molecule has 2 heterocycles. The number of thiophene rings is 1. The van der Waals surface area contributed by atoms with Crippen molar-refractivity contribution in [2.75, 3.05) is 23.3 Å². The van der Waals surface area contributed by atoms with E-state index in [1.165, 1.54) is 5.69 Å². The third-order valence-corrected chi connectivity index (χ3v) is 5.24. The standard InChI is InChI=1S/C20H24N4O2S/c1-4-24(5-2)15-8-9-16(14(3)13-15)21-18(25)10-11-19-22-23-20(26-19)17-7-6-12-27-17/h6-9,12-13H,4-5,10-11H2,1-3H3,(H,21,25). The zero-order valence-electron chi connectivity index (χ0n) is 15.9. The molecule has 0 atom stereocenters. The van der Waals surface area contributed by atoms with Gasteiger partial charge in [-0.3, -0.25) is 4.79 Å². The van der Waals surface area contributed by atoms with Crippen LogP contribution in [0.25, 0.3) is 10.8 Å². The summed E-state index contributed by atoms with van der Waals surface area (Å²) < 4.78 is 5.62. The summed E-state index contributed by atoms with van der Waals surface area (Å²) in [5.74, 6) is 0.912. The van der Waals surface area contributed by atoms with Crippen LogP contribution in [0.15, 0.2) is 40.1 Å². The van der Waals surface area contributed by atoms with Crippen molar-refractivity contribution in [2.24, 2.45) is 0 Å². The van der Waals surface area contributed by atoms with Crippen molar-refractivity contribution in [1.29, 1.82) is 0 Å². The van der Waals surface area contributed by atoms with Crippen LogP contribution in [0.5, 0.6) is 0 Å². The second kappa shape index (κ2) is 8.81. The molecule has 0 radical (unpaired) electrons. The number of anilines is 2. The number of amides is 1. The molecule has 0 fully saturated rings. The van der Waals surface area contributed by atoms with Crippen LogP contribution in [-0.4, -0.2) is 29.2 Å². The molecule has 1 N–H and O–H groups in total. The third kappa shape index (κ3) is 4.74. The lowest BCUT2D eigenvalue weighted by Crippen LogP contribution is -2.22. The third-order valence-electron chi connectivity index (χ3n) is 4.38. The average Bonchev–Trinajstić information content (AvgIpc) is 3.34. The molecule has 3 aromatic rings. The molecular weight excluding hydrogens is 360 g/mol. The Morgan fingerprint density at radius 1 is 1.22 bits per heavy atom. The van der Waals surface area contributed by atoms with Gasteiger partial charge in [-0.05, 0) is 56.0 Å². The predicted molar refractivity (Wildman–Crippen MR) is 109 cm³/mol. The van der Waals surface area contributed by atoms with Crippen LogP contribution in [0.4, 0.5) is 11.4 Å². The van der Waals surface area contributed by atoms with Crippen LogP contribution in [0.2, 0.25) is 0 Å². The van der Waals surface area contributed by atoms with E-state index in [2.05, 4.69) is 40.3 Å². The number of hydrogen-bond donors (Lipinski definition) is 1. The zero-order valence-corrected chi connectivity index (χ0v) is 16.7. The lowest BCUT2D eigenvalue weighted by molar-refractivity contribution is -0.116. The van der Waals surface area contributed by atoms with Gasteiger partial charge < -0.3 is 14.6 Å². The Balaban J connectivity index is 1.56. The Bertz CT molecular complexity index is 885. The van der Waals surface area contributed by atoms with Gasteiger partial charge in [0.1, 0.15) is 0 Å². The molecule has 7 heteroatoms. The van der Waals surface area contributed by atoms with E-state index < -0.39 is 0 Å². The normalized spacial score (nSPS) is 10.8. The molecule has 0 aliphatic heterocycles. The predicted octanol–water partition coefficient (Wildman–Crippen LogP) is 4.52. The SMILES string of the molecule is CCN(CC)c1ccc(NC(=O)CCc2nnc(-c3cccs3)o2)c(C)c1. The van der Waals surface area contributed by atoms with Crippen molar-refractivity contribution < 1.29 is 9.21 Å². The van der Waals surface area contributed by atoms with E-state index in [4.69, 9.17) is 4.42 Å². The average molecular weight is 385 g/mol. The topological polar surface area (TPSA) is 71.3 Å². The van der Waals surface area contributed by atoms with Crippen LogP contribution < -0.4 is 10.2 Å². The largest absolute Gasteiger partial charge is 0.420 e. The highest BCUT2D eigenvalue weighted by Crippen LogP contribution is 2.24. The second-order valence-corrected chi connectivity index (χ2v) is 7.15. The fourth-order valence-corrected chi connectivity index (χ4v) is 3.51. The van der Waals surface area contributed by atoms with Crippen molar-refractivity contribution in [2.45, 2.75) is 33.6 Å². The van der Waals surface area contributed by atoms with E-state index in [1.807, 2.05) is 36.6 Å². The molecule has 0 aliphatic carbocycles. The number of aryl methyl sites for hydroxylation is 2. The van der Waals surface area contributed by atoms with Gasteiger partial charge in [-0.15, -0.1) is 21.5 Å². The first-order valence-electron chi connectivity index (χ1n) is 9.12. The summed E-state index contributed by atoms with van der Waals surface area (Å²) in [7, 11) is 0. The van der Waals surface area contributed by atoms with E-state index in [0.717, 1.165) is 29.2 Å².